The summed E-state index contributed by atoms with van der Waals surface area (Å²) in [7, 11) is 0. The summed E-state index contributed by atoms with van der Waals surface area (Å²) in [6.07, 6.45) is 5.19. The number of anilines is 1. The Balaban J connectivity index is 0.00000132. The van der Waals surface area contributed by atoms with Crippen LogP contribution in [0.2, 0.25) is 0 Å². The van der Waals surface area contributed by atoms with Crippen LogP contribution < -0.4 is 5.32 Å². The normalized spacial score (nSPS) is 16.7. The molecule has 0 radical (unpaired) electrons. The van der Waals surface area contributed by atoms with E-state index in [1.807, 2.05) is 6.07 Å². The zero-order valence-corrected chi connectivity index (χ0v) is 15.5. The third kappa shape index (κ3) is 5.82. The molecule has 0 aliphatic carbocycles. The SMILES string of the molecule is Cl.Cl.Fc1cccc2c1CN=C(SCCCCN1CCCC1)N2. The van der Waals surface area contributed by atoms with E-state index in [4.69, 9.17) is 0 Å². The van der Waals surface area contributed by atoms with Crippen molar-refractivity contribution in [3.63, 3.8) is 0 Å². The lowest BCUT2D eigenvalue weighted by Crippen LogP contribution is -2.20. The largest absolute Gasteiger partial charge is 0.335 e. The van der Waals surface area contributed by atoms with E-state index in [-0.39, 0.29) is 30.6 Å². The number of thioether (sulfide) groups is 1. The number of hydrogen-bond acceptors (Lipinski definition) is 4. The van der Waals surface area contributed by atoms with E-state index in [1.54, 1.807) is 17.8 Å². The Hall–Kier alpha value is -0.490. The molecule has 1 aromatic rings. The van der Waals surface area contributed by atoms with Gasteiger partial charge in [0.05, 0.1) is 6.54 Å². The number of amidine groups is 1. The van der Waals surface area contributed by atoms with Crippen LogP contribution in [-0.4, -0.2) is 35.5 Å². The molecule has 0 amide bonds. The highest BCUT2D eigenvalue weighted by Crippen LogP contribution is 2.26. The highest BCUT2D eigenvalue weighted by atomic mass is 35.5. The summed E-state index contributed by atoms with van der Waals surface area (Å²) in [4.78, 5) is 6.98. The Bertz CT molecular complexity index is 522. The number of benzene rings is 1. The van der Waals surface area contributed by atoms with E-state index in [0.717, 1.165) is 16.6 Å². The quantitative estimate of drug-likeness (QED) is 0.759. The molecule has 0 spiro atoms. The Morgan fingerprint density at radius 3 is 2.74 bits per heavy atom. The van der Waals surface area contributed by atoms with E-state index in [9.17, 15) is 4.39 Å². The smallest absolute Gasteiger partial charge is 0.161 e. The molecular weight excluding hydrogens is 356 g/mol. The number of hydrogen-bond donors (Lipinski definition) is 1. The van der Waals surface area contributed by atoms with Crippen LogP contribution in [0.15, 0.2) is 23.2 Å². The van der Waals surface area contributed by atoms with Gasteiger partial charge in [-0.3, -0.25) is 4.99 Å². The first kappa shape index (κ1) is 20.6. The van der Waals surface area contributed by atoms with Gasteiger partial charge in [-0.2, -0.15) is 0 Å². The van der Waals surface area contributed by atoms with Gasteiger partial charge in [0.1, 0.15) is 5.82 Å². The number of likely N-dealkylation sites (tertiary alicyclic amines) is 1. The maximum absolute atomic E-state index is 13.6. The van der Waals surface area contributed by atoms with Crippen LogP contribution >= 0.6 is 36.6 Å². The van der Waals surface area contributed by atoms with Crippen molar-refractivity contribution in [1.82, 2.24) is 4.90 Å². The second-order valence-corrected chi connectivity index (χ2v) is 6.70. The molecule has 3 nitrogen and oxygen atoms in total. The number of rotatable bonds is 5. The van der Waals surface area contributed by atoms with Crippen molar-refractivity contribution in [3.05, 3.63) is 29.6 Å². The van der Waals surface area contributed by atoms with E-state index >= 15 is 0 Å². The predicted molar refractivity (Wildman–Crippen MR) is 103 cm³/mol. The molecule has 2 heterocycles. The molecule has 1 aromatic carbocycles. The van der Waals surface area contributed by atoms with Crippen molar-refractivity contribution >= 4 is 47.4 Å². The molecule has 2 aliphatic heterocycles. The summed E-state index contributed by atoms with van der Waals surface area (Å²) in [5.41, 5.74) is 1.54. The number of unbranched alkanes of at least 4 members (excludes halogenated alkanes) is 1. The van der Waals surface area contributed by atoms with Crippen LogP contribution in [0, 0.1) is 5.82 Å². The van der Waals surface area contributed by atoms with Crippen molar-refractivity contribution in [2.75, 3.05) is 30.7 Å². The number of fused-ring (bicyclic) bond motifs is 1. The minimum absolute atomic E-state index is 0. The van der Waals surface area contributed by atoms with E-state index in [1.165, 1.54) is 51.4 Å². The van der Waals surface area contributed by atoms with Crippen LogP contribution in [-0.2, 0) is 6.54 Å². The molecule has 1 fully saturated rings. The lowest BCUT2D eigenvalue weighted by molar-refractivity contribution is 0.333. The van der Waals surface area contributed by atoms with Crippen LogP contribution in [0.5, 0.6) is 0 Å². The van der Waals surface area contributed by atoms with Gasteiger partial charge in [0.25, 0.3) is 0 Å². The predicted octanol–water partition coefficient (Wildman–Crippen LogP) is 4.56. The van der Waals surface area contributed by atoms with Crippen molar-refractivity contribution in [1.29, 1.82) is 0 Å². The second-order valence-electron chi connectivity index (χ2n) is 5.62. The van der Waals surface area contributed by atoms with E-state index < -0.39 is 0 Å². The molecule has 0 atom stereocenters. The summed E-state index contributed by atoms with van der Waals surface area (Å²) >= 11 is 1.75. The molecule has 0 bridgehead atoms. The molecule has 0 unspecified atom stereocenters. The maximum atomic E-state index is 13.6. The fourth-order valence-electron chi connectivity index (χ4n) is 2.84. The van der Waals surface area contributed by atoms with Gasteiger partial charge in [-0.25, -0.2) is 4.39 Å². The van der Waals surface area contributed by atoms with Crippen LogP contribution in [0.4, 0.5) is 10.1 Å². The molecule has 0 aromatic heterocycles. The van der Waals surface area contributed by atoms with Gasteiger partial charge in [-0.05, 0) is 57.5 Å². The van der Waals surface area contributed by atoms with Crippen molar-refractivity contribution in [3.8, 4) is 0 Å². The molecular formula is C16H24Cl2FN3S. The van der Waals surface area contributed by atoms with Gasteiger partial charge in [-0.15, -0.1) is 24.8 Å². The van der Waals surface area contributed by atoms with Gasteiger partial charge in [0.15, 0.2) is 5.17 Å². The zero-order valence-electron chi connectivity index (χ0n) is 13.1. The topological polar surface area (TPSA) is 27.6 Å². The van der Waals surface area contributed by atoms with Crippen LogP contribution in [0.3, 0.4) is 0 Å². The van der Waals surface area contributed by atoms with Crippen molar-refractivity contribution in [2.45, 2.75) is 32.2 Å². The molecule has 0 saturated carbocycles. The molecule has 130 valence electrons. The first-order valence-corrected chi connectivity index (χ1v) is 8.75. The third-order valence-electron chi connectivity index (χ3n) is 4.05. The minimum atomic E-state index is -0.168. The van der Waals surface area contributed by atoms with Gasteiger partial charge in [0, 0.05) is 17.0 Å². The fraction of sp³-hybridized carbons (Fsp3) is 0.562. The number of halogens is 3. The molecule has 23 heavy (non-hydrogen) atoms. The molecule has 2 aliphatic rings. The van der Waals surface area contributed by atoms with E-state index in [0.29, 0.717) is 12.1 Å². The molecule has 1 N–H and O–H groups in total. The Morgan fingerprint density at radius 2 is 1.96 bits per heavy atom. The van der Waals surface area contributed by atoms with Crippen LogP contribution in [0.1, 0.15) is 31.2 Å². The maximum Gasteiger partial charge on any atom is 0.161 e. The highest BCUT2D eigenvalue weighted by Gasteiger charge is 2.15. The first-order valence-electron chi connectivity index (χ1n) is 7.77. The minimum Gasteiger partial charge on any atom is -0.335 e. The number of nitrogens with one attached hydrogen (secondary N) is 1. The Labute approximate surface area is 154 Å². The molecule has 1 saturated heterocycles. The average Bonchev–Trinajstić information content (AvgIpc) is 3.00. The summed E-state index contributed by atoms with van der Waals surface area (Å²) < 4.78 is 13.6. The second kappa shape index (κ2) is 10.4. The Kier molecular flexibility index (Phi) is 9.29. The van der Waals surface area contributed by atoms with E-state index in [2.05, 4.69) is 15.2 Å². The molecule has 7 heteroatoms. The Morgan fingerprint density at radius 1 is 1.17 bits per heavy atom. The van der Waals surface area contributed by atoms with Crippen molar-refractivity contribution < 1.29 is 4.39 Å². The number of aliphatic imine (C=N–C) groups is 1. The first-order chi connectivity index (χ1) is 10.3. The van der Waals surface area contributed by atoms with Crippen LogP contribution in [0.25, 0.3) is 0 Å². The van der Waals surface area contributed by atoms with Gasteiger partial charge >= 0.3 is 0 Å². The summed E-state index contributed by atoms with van der Waals surface area (Å²) in [6.45, 7) is 4.24. The standard InChI is InChI=1S/C16H22FN3S.2ClH/c17-14-6-5-7-15-13(14)12-18-16(19-15)21-11-4-3-10-20-8-1-2-9-20;;/h5-7H,1-4,8-12H2,(H,18,19);2*1H. The summed E-state index contributed by atoms with van der Waals surface area (Å²) in [5, 5.41) is 4.16. The highest BCUT2D eigenvalue weighted by molar-refractivity contribution is 8.14. The lowest BCUT2D eigenvalue weighted by Gasteiger charge is -2.18. The third-order valence-corrected chi connectivity index (χ3v) is 5.04. The molecule has 3 rings (SSSR count). The van der Waals surface area contributed by atoms with Crippen molar-refractivity contribution in [2.24, 2.45) is 4.99 Å². The fourth-order valence-corrected chi connectivity index (χ4v) is 3.72. The van der Waals surface area contributed by atoms with Gasteiger partial charge < -0.3 is 10.2 Å². The average molecular weight is 380 g/mol. The monoisotopic (exact) mass is 379 g/mol. The lowest BCUT2D eigenvalue weighted by atomic mass is 10.1. The number of nitrogens with zero attached hydrogens (tertiary/aromatic N) is 2. The van der Waals surface area contributed by atoms with Gasteiger partial charge in [-0.1, -0.05) is 17.8 Å². The summed E-state index contributed by atoms with van der Waals surface area (Å²) in [5.74, 6) is 0.906. The zero-order chi connectivity index (χ0) is 14.5. The van der Waals surface area contributed by atoms with Gasteiger partial charge in [0.2, 0.25) is 0 Å². The summed E-state index contributed by atoms with van der Waals surface area (Å²) in [6, 6.07) is 5.15.